The molecule has 0 bridgehead atoms. The Bertz CT molecular complexity index is 1000. The fraction of sp³-hybridized carbons (Fsp3) is 0.862. The van der Waals surface area contributed by atoms with Gasteiger partial charge in [0.15, 0.2) is 6.10 Å². The van der Waals surface area contributed by atoms with Crippen molar-refractivity contribution in [3.05, 3.63) is 36.5 Å². The minimum atomic E-state index is -0.769. The first-order chi connectivity index (χ1) is 31.1. The first-order valence-corrected chi connectivity index (χ1v) is 28.0. The van der Waals surface area contributed by atoms with Crippen LogP contribution in [0.3, 0.4) is 0 Å². The molecule has 1 unspecified atom stereocenters. The van der Waals surface area contributed by atoms with Crippen molar-refractivity contribution in [2.24, 2.45) is 0 Å². The van der Waals surface area contributed by atoms with Crippen LogP contribution in [0.2, 0.25) is 0 Å². The van der Waals surface area contributed by atoms with E-state index in [1.165, 1.54) is 231 Å². The van der Waals surface area contributed by atoms with Crippen molar-refractivity contribution in [1.82, 2.24) is 0 Å². The molecule has 5 nitrogen and oxygen atoms in total. The molecule has 1 N–H and O–H groups in total. The summed E-state index contributed by atoms with van der Waals surface area (Å²) < 4.78 is 10.7. The van der Waals surface area contributed by atoms with Gasteiger partial charge in [-0.05, 0) is 51.4 Å². The lowest BCUT2D eigenvalue weighted by molar-refractivity contribution is -0.161. The lowest BCUT2D eigenvalue weighted by Crippen LogP contribution is -2.28. The highest BCUT2D eigenvalue weighted by atomic mass is 16.6. The second-order valence-corrected chi connectivity index (χ2v) is 19.0. The third-order valence-electron chi connectivity index (χ3n) is 12.7. The van der Waals surface area contributed by atoms with Crippen molar-refractivity contribution in [1.29, 1.82) is 0 Å². The SMILES string of the molecule is CCCCCCC/C=C\C/C=C\C/C=C\CCCCCCCCCCCCCCCCC(=O)OC(CO)COC(=O)CCCCCCCCCCCCCCCCCCCCCC. The maximum Gasteiger partial charge on any atom is 0.306 e. The van der Waals surface area contributed by atoms with Crippen LogP contribution in [0, 0.1) is 0 Å². The van der Waals surface area contributed by atoms with Gasteiger partial charge in [0.2, 0.25) is 0 Å². The number of carbonyl (C=O) groups is 2. The summed E-state index contributed by atoms with van der Waals surface area (Å²) in [5.41, 5.74) is 0. The molecule has 0 radical (unpaired) electrons. The van der Waals surface area contributed by atoms with E-state index in [9.17, 15) is 14.7 Å². The van der Waals surface area contributed by atoms with E-state index in [2.05, 4.69) is 50.3 Å². The van der Waals surface area contributed by atoms with Crippen LogP contribution in [-0.4, -0.2) is 36.4 Å². The van der Waals surface area contributed by atoms with E-state index < -0.39 is 6.10 Å². The van der Waals surface area contributed by atoms with Crippen molar-refractivity contribution < 1.29 is 24.2 Å². The normalized spacial score (nSPS) is 12.4. The molecular weight excluding hydrogens is 777 g/mol. The number of aliphatic hydroxyl groups excluding tert-OH is 1. The van der Waals surface area contributed by atoms with Crippen molar-refractivity contribution in [3.63, 3.8) is 0 Å². The summed E-state index contributed by atoms with van der Waals surface area (Å²) in [6.07, 6.45) is 69.7. The van der Waals surface area contributed by atoms with Gasteiger partial charge in [0.25, 0.3) is 0 Å². The first-order valence-electron chi connectivity index (χ1n) is 28.0. The second kappa shape index (κ2) is 54.5. The standard InChI is InChI=1S/C58H108O5/c1-3-5-7-9-11-13-15-17-19-21-23-25-26-27-28-29-30-31-32-33-35-37-39-41-43-45-47-49-51-53-58(61)63-56(54-59)55-62-57(60)52-50-48-46-44-42-40-38-36-34-24-22-20-18-16-14-12-10-8-6-4-2/h15,17,21,23,26-27,56,59H,3-14,16,18-20,22,24-25,28-55H2,1-2H3/b17-15-,23-21-,27-26-. The van der Waals surface area contributed by atoms with Crippen molar-refractivity contribution in [2.75, 3.05) is 13.2 Å². The number of ether oxygens (including phenoxy) is 2. The maximum absolute atomic E-state index is 12.3. The van der Waals surface area contributed by atoms with E-state index in [1.807, 2.05) is 0 Å². The summed E-state index contributed by atoms with van der Waals surface area (Å²) in [4.78, 5) is 24.5. The lowest BCUT2D eigenvalue weighted by Gasteiger charge is -2.15. The summed E-state index contributed by atoms with van der Waals surface area (Å²) in [7, 11) is 0. The van der Waals surface area contributed by atoms with E-state index in [0.29, 0.717) is 12.8 Å². The third-order valence-corrected chi connectivity index (χ3v) is 12.7. The van der Waals surface area contributed by atoms with Gasteiger partial charge in [-0.1, -0.05) is 275 Å². The van der Waals surface area contributed by atoms with Crippen LogP contribution in [-0.2, 0) is 19.1 Å². The Balaban J connectivity index is 3.45. The third kappa shape index (κ3) is 52.6. The highest BCUT2D eigenvalue weighted by Crippen LogP contribution is 2.17. The Morgan fingerprint density at radius 3 is 0.952 bits per heavy atom. The zero-order valence-electron chi connectivity index (χ0n) is 42.4. The molecule has 370 valence electrons. The monoisotopic (exact) mass is 885 g/mol. The first kappa shape index (κ1) is 61.1. The number of allylic oxidation sites excluding steroid dienone is 6. The van der Waals surface area contributed by atoms with Crippen molar-refractivity contribution in [3.8, 4) is 0 Å². The molecule has 0 fully saturated rings. The minimum Gasteiger partial charge on any atom is -0.462 e. The molecule has 0 saturated carbocycles. The van der Waals surface area contributed by atoms with Crippen LogP contribution >= 0.6 is 0 Å². The number of esters is 2. The van der Waals surface area contributed by atoms with Crippen LogP contribution in [0.25, 0.3) is 0 Å². The number of carbonyl (C=O) groups excluding carboxylic acids is 2. The molecule has 0 rings (SSSR count). The molecule has 5 heteroatoms. The molecule has 0 spiro atoms. The van der Waals surface area contributed by atoms with Crippen LogP contribution in [0.5, 0.6) is 0 Å². The summed E-state index contributed by atoms with van der Waals surface area (Å²) in [5.74, 6) is -0.574. The van der Waals surface area contributed by atoms with Crippen LogP contribution < -0.4 is 0 Å². The average molecular weight is 885 g/mol. The van der Waals surface area contributed by atoms with Gasteiger partial charge in [-0.3, -0.25) is 9.59 Å². The molecule has 63 heavy (non-hydrogen) atoms. The zero-order valence-corrected chi connectivity index (χ0v) is 42.4. The van der Waals surface area contributed by atoms with Crippen molar-refractivity contribution >= 4 is 11.9 Å². The minimum absolute atomic E-state index is 0.0609. The zero-order chi connectivity index (χ0) is 45.6. The fourth-order valence-corrected chi connectivity index (χ4v) is 8.45. The van der Waals surface area contributed by atoms with E-state index in [4.69, 9.17) is 9.47 Å². The number of rotatable bonds is 52. The molecule has 1 atom stereocenters. The Labute approximate surface area is 393 Å². The lowest BCUT2D eigenvalue weighted by atomic mass is 10.0. The van der Waals surface area contributed by atoms with Crippen LogP contribution in [0.4, 0.5) is 0 Å². The predicted molar refractivity (Wildman–Crippen MR) is 274 cm³/mol. The maximum atomic E-state index is 12.3. The van der Waals surface area contributed by atoms with E-state index >= 15 is 0 Å². The summed E-state index contributed by atoms with van der Waals surface area (Å²) in [6, 6.07) is 0. The van der Waals surface area contributed by atoms with Gasteiger partial charge in [0.1, 0.15) is 6.61 Å². The molecule has 0 aromatic rings. The molecule has 0 aliphatic heterocycles. The van der Waals surface area contributed by atoms with Gasteiger partial charge in [-0.15, -0.1) is 0 Å². The summed E-state index contributed by atoms with van der Waals surface area (Å²) >= 11 is 0. The largest absolute Gasteiger partial charge is 0.462 e. The molecule has 0 aromatic carbocycles. The molecule has 0 heterocycles. The average Bonchev–Trinajstić information content (AvgIpc) is 3.29. The second-order valence-electron chi connectivity index (χ2n) is 19.0. The fourth-order valence-electron chi connectivity index (χ4n) is 8.45. The van der Waals surface area contributed by atoms with Gasteiger partial charge >= 0.3 is 11.9 Å². The quantitative estimate of drug-likeness (QED) is 0.0374. The van der Waals surface area contributed by atoms with E-state index in [1.54, 1.807) is 0 Å². The van der Waals surface area contributed by atoms with Crippen LogP contribution in [0.1, 0.15) is 303 Å². The van der Waals surface area contributed by atoms with Crippen molar-refractivity contribution in [2.45, 2.75) is 309 Å². The molecule has 0 aliphatic carbocycles. The molecule has 0 aliphatic rings. The van der Waals surface area contributed by atoms with Gasteiger partial charge in [0, 0.05) is 12.8 Å². The number of aliphatic hydroxyl groups is 1. The molecule has 0 amide bonds. The predicted octanol–water partition coefficient (Wildman–Crippen LogP) is 18.7. The smallest absolute Gasteiger partial charge is 0.306 e. The van der Waals surface area contributed by atoms with E-state index in [-0.39, 0.29) is 25.2 Å². The van der Waals surface area contributed by atoms with Gasteiger partial charge in [0.05, 0.1) is 6.61 Å². The highest BCUT2D eigenvalue weighted by molar-refractivity contribution is 5.70. The van der Waals surface area contributed by atoms with Gasteiger partial charge in [-0.25, -0.2) is 0 Å². The summed E-state index contributed by atoms with van der Waals surface area (Å²) in [5, 5.41) is 9.65. The van der Waals surface area contributed by atoms with Gasteiger partial charge in [-0.2, -0.15) is 0 Å². The Hall–Kier alpha value is -1.88. The Morgan fingerprint density at radius 1 is 0.365 bits per heavy atom. The van der Waals surface area contributed by atoms with E-state index in [0.717, 1.165) is 44.9 Å². The van der Waals surface area contributed by atoms with Gasteiger partial charge < -0.3 is 14.6 Å². The molecular formula is C58H108O5. The Kier molecular flexibility index (Phi) is 52.8. The number of unbranched alkanes of at least 4 members (excludes halogenated alkanes) is 38. The molecule has 0 aromatic heterocycles. The summed E-state index contributed by atoms with van der Waals surface area (Å²) in [6.45, 7) is 4.17. The number of hydrogen-bond donors (Lipinski definition) is 1. The highest BCUT2D eigenvalue weighted by Gasteiger charge is 2.16. The topological polar surface area (TPSA) is 72.8 Å². The van der Waals surface area contributed by atoms with Crippen LogP contribution in [0.15, 0.2) is 36.5 Å². The molecule has 0 saturated heterocycles. The number of hydrogen-bond acceptors (Lipinski definition) is 5. The Morgan fingerprint density at radius 2 is 0.635 bits per heavy atom.